The largest absolute Gasteiger partial charge is 0.0991 e. The van der Waals surface area contributed by atoms with Gasteiger partial charge in [-0.15, -0.1) is 0 Å². The molecule has 1 rings (SSSR count). The van der Waals surface area contributed by atoms with Gasteiger partial charge in [0.1, 0.15) is 0 Å². The van der Waals surface area contributed by atoms with Crippen LogP contribution in [0.1, 0.15) is 33.6 Å². The van der Waals surface area contributed by atoms with E-state index in [0.29, 0.717) is 0 Å². The lowest BCUT2D eigenvalue weighted by molar-refractivity contribution is 0.974. The third-order valence-electron chi connectivity index (χ3n) is 2.86. The summed E-state index contributed by atoms with van der Waals surface area (Å²) in [4.78, 5) is 0. The molecule has 0 aromatic heterocycles. The SMILES string of the molecule is C=C/C=C\C(C(=C)C1=CC=CCC1)=C(/C)C=C.CC. The zero-order valence-corrected chi connectivity index (χ0v) is 12.6. The van der Waals surface area contributed by atoms with Crippen LogP contribution in [0.5, 0.6) is 0 Å². The van der Waals surface area contributed by atoms with Crippen LogP contribution in [0, 0.1) is 0 Å². The van der Waals surface area contributed by atoms with Crippen LogP contribution in [-0.2, 0) is 0 Å². The van der Waals surface area contributed by atoms with Crippen molar-refractivity contribution in [2.45, 2.75) is 33.6 Å². The molecular weight excluding hydrogens is 228 g/mol. The molecule has 1 aliphatic rings. The Kier molecular flexibility index (Phi) is 9.16. The molecule has 0 heterocycles. The van der Waals surface area contributed by atoms with E-state index in [1.54, 1.807) is 6.08 Å². The van der Waals surface area contributed by atoms with Gasteiger partial charge in [0.05, 0.1) is 0 Å². The van der Waals surface area contributed by atoms with Crippen molar-refractivity contribution in [1.82, 2.24) is 0 Å². The van der Waals surface area contributed by atoms with Crippen LogP contribution in [0.2, 0.25) is 0 Å². The minimum atomic E-state index is 1.06. The maximum atomic E-state index is 4.21. The maximum Gasteiger partial charge on any atom is -0.0158 e. The van der Waals surface area contributed by atoms with Crippen LogP contribution in [-0.4, -0.2) is 0 Å². The van der Waals surface area contributed by atoms with Crippen LogP contribution in [0.4, 0.5) is 0 Å². The van der Waals surface area contributed by atoms with Gasteiger partial charge in [-0.3, -0.25) is 0 Å². The summed E-state index contributed by atoms with van der Waals surface area (Å²) in [6, 6.07) is 0. The van der Waals surface area contributed by atoms with Crippen molar-refractivity contribution in [2.24, 2.45) is 0 Å². The van der Waals surface area contributed by atoms with E-state index in [9.17, 15) is 0 Å². The lowest BCUT2D eigenvalue weighted by Crippen LogP contribution is -1.96. The predicted molar refractivity (Wildman–Crippen MR) is 89.2 cm³/mol. The minimum Gasteiger partial charge on any atom is -0.0991 e. The Hall–Kier alpha value is -1.82. The summed E-state index contributed by atoms with van der Waals surface area (Å²) in [6.07, 6.45) is 16.2. The third kappa shape index (κ3) is 5.56. The summed E-state index contributed by atoms with van der Waals surface area (Å²) in [5.41, 5.74) is 4.67. The molecule has 0 radical (unpaired) electrons. The predicted octanol–water partition coefficient (Wildman–Crippen LogP) is 6.09. The van der Waals surface area contributed by atoms with Gasteiger partial charge in [-0.05, 0) is 42.1 Å². The van der Waals surface area contributed by atoms with Crippen LogP contribution >= 0.6 is 0 Å². The summed E-state index contributed by atoms with van der Waals surface area (Å²) in [5.74, 6) is 0. The highest BCUT2D eigenvalue weighted by Crippen LogP contribution is 2.27. The molecule has 0 unspecified atom stereocenters. The van der Waals surface area contributed by atoms with Crippen molar-refractivity contribution in [3.8, 4) is 0 Å². The summed E-state index contributed by atoms with van der Waals surface area (Å²) < 4.78 is 0. The van der Waals surface area contributed by atoms with Crippen LogP contribution in [0.25, 0.3) is 0 Å². The van der Waals surface area contributed by atoms with E-state index < -0.39 is 0 Å². The smallest absolute Gasteiger partial charge is 0.0158 e. The summed E-state index contributed by atoms with van der Waals surface area (Å²) in [5, 5.41) is 0. The fourth-order valence-corrected chi connectivity index (χ4v) is 1.77. The molecule has 0 bridgehead atoms. The standard InChI is InChI=1S/C17H20.C2H6/c1-5-7-13-17(14(3)6-2)15(4)16-11-9-8-10-12-16;1-2/h5-9,11,13H,1-2,4,10,12H2,3H3;1-2H3/b13-7-,17-14-;. The van der Waals surface area contributed by atoms with E-state index in [2.05, 4.69) is 44.9 Å². The molecule has 0 saturated heterocycles. The van der Waals surface area contributed by atoms with Crippen LogP contribution in [0.15, 0.2) is 84.6 Å². The van der Waals surface area contributed by atoms with Gasteiger partial charge < -0.3 is 0 Å². The van der Waals surface area contributed by atoms with Gasteiger partial charge in [-0.1, -0.05) is 76.1 Å². The Morgan fingerprint density at radius 3 is 2.42 bits per heavy atom. The molecule has 0 spiro atoms. The molecule has 0 aliphatic heterocycles. The first kappa shape index (κ1) is 17.2. The van der Waals surface area contributed by atoms with Crippen molar-refractivity contribution in [1.29, 1.82) is 0 Å². The molecule has 102 valence electrons. The zero-order valence-electron chi connectivity index (χ0n) is 12.6. The minimum absolute atomic E-state index is 1.06. The Labute approximate surface area is 118 Å². The van der Waals surface area contributed by atoms with E-state index in [-0.39, 0.29) is 0 Å². The van der Waals surface area contributed by atoms with Crippen LogP contribution in [0.3, 0.4) is 0 Å². The second kappa shape index (κ2) is 10.1. The maximum absolute atomic E-state index is 4.21. The highest BCUT2D eigenvalue weighted by Gasteiger charge is 2.08. The zero-order chi connectivity index (χ0) is 14.7. The molecule has 1 aliphatic carbocycles. The second-order valence-electron chi connectivity index (χ2n) is 4.03. The van der Waals surface area contributed by atoms with Gasteiger partial charge in [0, 0.05) is 0 Å². The molecule has 0 fully saturated rings. The van der Waals surface area contributed by atoms with Gasteiger partial charge >= 0.3 is 0 Å². The van der Waals surface area contributed by atoms with Gasteiger partial charge in [0.15, 0.2) is 0 Å². The Balaban J connectivity index is 0.00000154. The fourth-order valence-electron chi connectivity index (χ4n) is 1.77. The Morgan fingerprint density at radius 1 is 1.26 bits per heavy atom. The monoisotopic (exact) mass is 254 g/mol. The van der Waals surface area contributed by atoms with E-state index in [1.807, 2.05) is 32.1 Å². The van der Waals surface area contributed by atoms with E-state index in [0.717, 1.165) is 29.6 Å². The van der Waals surface area contributed by atoms with E-state index >= 15 is 0 Å². The van der Waals surface area contributed by atoms with Gasteiger partial charge in [-0.2, -0.15) is 0 Å². The first-order valence-electron chi connectivity index (χ1n) is 6.88. The average Bonchev–Trinajstić information content (AvgIpc) is 2.50. The van der Waals surface area contributed by atoms with Gasteiger partial charge in [0.2, 0.25) is 0 Å². The summed E-state index contributed by atoms with van der Waals surface area (Å²) in [6.45, 7) is 17.8. The molecule has 0 nitrogen and oxygen atoms in total. The number of allylic oxidation sites excluding steroid dienone is 11. The van der Waals surface area contributed by atoms with Crippen LogP contribution < -0.4 is 0 Å². The summed E-state index contributed by atoms with van der Waals surface area (Å²) >= 11 is 0. The highest BCUT2D eigenvalue weighted by atomic mass is 14.1. The first-order valence-corrected chi connectivity index (χ1v) is 6.88. The molecule has 19 heavy (non-hydrogen) atoms. The fraction of sp³-hybridized carbons (Fsp3) is 0.263. The Morgan fingerprint density at radius 2 is 1.95 bits per heavy atom. The van der Waals surface area contributed by atoms with Crippen molar-refractivity contribution in [3.63, 3.8) is 0 Å². The van der Waals surface area contributed by atoms with Crippen molar-refractivity contribution >= 4 is 0 Å². The summed E-state index contributed by atoms with van der Waals surface area (Å²) in [7, 11) is 0. The molecule has 0 N–H and O–H groups in total. The normalized spacial score (nSPS) is 15.0. The number of rotatable bonds is 5. The third-order valence-corrected chi connectivity index (χ3v) is 2.86. The second-order valence-corrected chi connectivity index (χ2v) is 4.03. The quantitative estimate of drug-likeness (QED) is 0.521. The van der Waals surface area contributed by atoms with E-state index in [1.165, 1.54) is 5.57 Å². The molecule has 0 aromatic rings. The molecule has 0 atom stereocenters. The number of hydrogen-bond donors (Lipinski definition) is 0. The van der Waals surface area contributed by atoms with Gasteiger partial charge in [0.25, 0.3) is 0 Å². The Bertz CT molecular complexity index is 437. The first-order chi connectivity index (χ1) is 9.20. The molecule has 0 heteroatoms. The van der Waals surface area contributed by atoms with Gasteiger partial charge in [-0.25, -0.2) is 0 Å². The molecular formula is C19H26. The van der Waals surface area contributed by atoms with Crippen molar-refractivity contribution < 1.29 is 0 Å². The molecule has 0 amide bonds. The topological polar surface area (TPSA) is 0 Å². The number of hydrogen-bond acceptors (Lipinski definition) is 0. The highest BCUT2D eigenvalue weighted by molar-refractivity contribution is 5.55. The van der Waals surface area contributed by atoms with E-state index in [4.69, 9.17) is 0 Å². The van der Waals surface area contributed by atoms with Crippen molar-refractivity contribution in [2.75, 3.05) is 0 Å². The lowest BCUT2D eigenvalue weighted by Gasteiger charge is -2.15. The molecule has 0 saturated carbocycles. The average molecular weight is 254 g/mol. The molecule has 0 aromatic carbocycles. The van der Waals surface area contributed by atoms with Crippen molar-refractivity contribution in [3.05, 3.63) is 84.6 Å². The lowest BCUT2D eigenvalue weighted by atomic mass is 9.90.